The predicted molar refractivity (Wildman–Crippen MR) is 273 cm³/mol. The van der Waals surface area contributed by atoms with Crippen molar-refractivity contribution in [3.8, 4) is 0 Å². The van der Waals surface area contributed by atoms with E-state index in [1.54, 1.807) is 0 Å². The molecule has 0 bridgehead atoms. The number of hydrogen-bond donors (Lipinski definition) is 6. The minimum Gasteiger partial charge on any atom is -0.394 e. The van der Waals surface area contributed by atoms with Gasteiger partial charge in [-0.15, -0.1) is 0 Å². The Labute approximate surface area is 410 Å². The van der Waals surface area contributed by atoms with Crippen LogP contribution < -0.4 is 5.32 Å². The Balaban J connectivity index is 2.38. The standard InChI is InChI=1S/C54H105NO11S/c1-3-5-7-9-11-13-15-17-19-21-23-25-27-29-31-33-35-37-39-41-43-48(57)47(46-64-54-52(60)53(66-67(61,62)63)51(59)49(45-56)65-54)55-50(58)44-42-40-38-36-34-32-30-28-26-24-22-20-18-16-14-12-10-8-6-4-2/h24,26,47-49,51-54,56-57,59-60H,3-23,25,27-46H2,1-2H3,(H,55,58)(H,61,62,63)/b26-24-. The summed E-state index contributed by atoms with van der Waals surface area (Å²) in [5.41, 5.74) is 0. The second-order valence-corrected chi connectivity index (χ2v) is 20.9. The molecule has 13 heteroatoms. The summed E-state index contributed by atoms with van der Waals surface area (Å²) >= 11 is 0. The van der Waals surface area contributed by atoms with Crippen LogP contribution >= 0.6 is 0 Å². The summed E-state index contributed by atoms with van der Waals surface area (Å²) < 4.78 is 47.9. The van der Waals surface area contributed by atoms with Crippen LogP contribution in [0.1, 0.15) is 271 Å². The second kappa shape index (κ2) is 44.8. The van der Waals surface area contributed by atoms with Gasteiger partial charge in [-0.2, -0.15) is 8.42 Å². The SMILES string of the molecule is CCCCCCCCCCC/C=C\CCCCCCCCCC(=O)NC(COC1OC(CO)C(O)C(OS(=O)(=O)O)C1O)C(O)CCCCCCCCCCCCCCCCCCCCCC. The normalized spacial score (nSPS) is 19.9. The lowest BCUT2D eigenvalue weighted by Gasteiger charge is -2.41. The first-order valence-electron chi connectivity index (χ1n) is 28.1. The molecule has 1 fully saturated rings. The quantitative estimate of drug-likeness (QED) is 0.0193. The first-order chi connectivity index (χ1) is 32.5. The maximum absolute atomic E-state index is 13.1. The number of carbonyl (C=O) groups is 1. The van der Waals surface area contributed by atoms with Gasteiger partial charge in [-0.05, 0) is 38.5 Å². The number of hydrogen-bond acceptors (Lipinski definition) is 10. The van der Waals surface area contributed by atoms with Crippen molar-refractivity contribution in [1.82, 2.24) is 5.32 Å². The molecule has 12 nitrogen and oxygen atoms in total. The molecule has 1 amide bonds. The molecule has 7 atom stereocenters. The van der Waals surface area contributed by atoms with E-state index in [9.17, 15) is 38.2 Å². The van der Waals surface area contributed by atoms with Crippen LogP contribution in [0.2, 0.25) is 0 Å². The summed E-state index contributed by atoms with van der Waals surface area (Å²) in [7, 11) is -5.08. The Morgan fingerprint density at radius 3 is 1.34 bits per heavy atom. The molecule has 0 aliphatic carbocycles. The number of allylic oxidation sites excluding steroid dienone is 2. The number of amides is 1. The van der Waals surface area contributed by atoms with Crippen LogP contribution in [0.25, 0.3) is 0 Å². The van der Waals surface area contributed by atoms with Crippen LogP contribution in [0.3, 0.4) is 0 Å². The lowest BCUT2D eigenvalue weighted by Crippen LogP contribution is -2.61. The molecular weight excluding hydrogens is 871 g/mol. The molecule has 1 aliphatic rings. The molecule has 1 aliphatic heterocycles. The van der Waals surface area contributed by atoms with Crippen LogP contribution in [-0.4, -0.2) is 95.4 Å². The monoisotopic (exact) mass is 976 g/mol. The van der Waals surface area contributed by atoms with Crippen molar-refractivity contribution >= 4 is 16.3 Å². The lowest BCUT2D eigenvalue weighted by molar-refractivity contribution is -0.298. The average molecular weight is 976 g/mol. The topological polar surface area (TPSA) is 192 Å². The molecule has 7 unspecified atom stereocenters. The minimum absolute atomic E-state index is 0.230. The van der Waals surface area contributed by atoms with E-state index in [0.717, 1.165) is 51.4 Å². The number of ether oxygens (including phenoxy) is 2. The van der Waals surface area contributed by atoms with E-state index in [1.807, 2.05) is 0 Å². The molecule has 0 radical (unpaired) electrons. The van der Waals surface area contributed by atoms with Gasteiger partial charge in [-0.25, -0.2) is 4.18 Å². The highest BCUT2D eigenvalue weighted by molar-refractivity contribution is 7.80. The molecule has 6 N–H and O–H groups in total. The highest BCUT2D eigenvalue weighted by Crippen LogP contribution is 2.26. The summed E-state index contributed by atoms with van der Waals surface area (Å²) in [6.45, 7) is 3.49. The highest BCUT2D eigenvalue weighted by atomic mass is 32.3. The van der Waals surface area contributed by atoms with E-state index < -0.39 is 59.9 Å². The Morgan fingerprint density at radius 2 is 0.955 bits per heavy atom. The second-order valence-electron chi connectivity index (χ2n) is 19.9. The van der Waals surface area contributed by atoms with Crippen LogP contribution in [-0.2, 0) is 28.9 Å². The Hall–Kier alpha value is -1.16. The Morgan fingerprint density at radius 1 is 0.582 bits per heavy atom. The molecule has 398 valence electrons. The van der Waals surface area contributed by atoms with Gasteiger partial charge in [0.25, 0.3) is 0 Å². The fourth-order valence-corrected chi connectivity index (χ4v) is 9.73. The lowest BCUT2D eigenvalue weighted by atomic mass is 9.99. The van der Waals surface area contributed by atoms with Crippen molar-refractivity contribution in [2.45, 2.75) is 314 Å². The predicted octanol–water partition coefficient (Wildman–Crippen LogP) is 12.7. The third-order valence-corrected chi connectivity index (χ3v) is 14.0. The molecule has 1 rings (SSSR count). The number of nitrogens with one attached hydrogen (secondary N) is 1. The van der Waals surface area contributed by atoms with E-state index >= 15 is 0 Å². The number of aliphatic hydroxyl groups is 4. The fourth-order valence-electron chi connectivity index (χ4n) is 9.22. The number of carbonyl (C=O) groups excluding carboxylic acids is 1. The first-order valence-corrected chi connectivity index (χ1v) is 29.4. The maximum Gasteiger partial charge on any atom is 0.397 e. The zero-order chi connectivity index (χ0) is 49.1. The van der Waals surface area contributed by atoms with E-state index in [-0.39, 0.29) is 18.9 Å². The molecule has 1 heterocycles. The molecular formula is C54H105NO11S. The summed E-state index contributed by atoms with van der Waals surface area (Å²) in [4.78, 5) is 13.1. The van der Waals surface area contributed by atoms with Gasteiger partial charge in [0.05, 0.1) is 25.4 Å². The summed E-state index contributed by atoms with van der Waals surface area (Å²) in [5, 5.41) is 45.1. The third-order valence-electron chi connectivity index (χ3n) is 13.6. The van der Waals surface area contributed by atoms with Gasteiger partial charge in [-0.1, -0.05) is 238 Å². The fraction of sp³-hybridized carbons (Fsp3) is 0.944. The van der Waals surface area contributed by atoms with Crippen LogP contribution in [0.15, 0.2) is 12.2 Å². The van der Waals surface area contributed by atoms with Crippen molar-refractivity contribution in [2.75, 3.05) is 13.2 Å². The number of rotatable bonds is 49. The first kappa shape index (κ1) is 63.9. The minimum atomic E-state index is -5.08. The van der Waals surface area contributed by atoms with Gasteiger partial charge in [-0.3, -0.25) is 9.35 Å². The van der Waals surface area contributed by atoms with Crippen LogP contribution in [0, 0.1) is 0 Å². The van der Waals surface area contributed by atoms with Crippen LogP contribution in [0.4, 0.5) is 0 Å². The summed E-state index contributed by atoms with van der Waals surface area (Å²) in [6.07, 6.45) is 43.5. The molecule has 0 aromatic carbocycles. The molecule has 0 saturated carbocycles. The van der Waals surface area contributed by atoms with Crippen molar-refractivity contribution in [2.24, 2.45) is 0 Å². The number of aliphatic hydroxyl groups excluding tert-OH is 4. The molecule has 0 aromatic rings. The van der Waals surface area contributed by atoms with E-state index in [1.165, 1.54) is 186 Å². The zero-order valence-corrected chi connectivity index (χ0v) is 43.8. The molecule has 0 aromatic heterocycles. The smallest absolute Gasteiger partial charge is 0.394 e. The van der Waals surface area contributed by atoms with Crippen molar-refractivity contribution in [3.63, 3.8) is 0 Å². The Bertz CT molecular complexity index is 1240. The van der Waals surface area contributed by atoms with Crippen molar-refractivity contribution < 1.29 is 51.8 Å². The molecule has 67 heavy (non-hydrogen) atoms. The highest BCUT2D eigenvalue weighted by Gasteiger charge is 2.48. The van der Waals surface area contributed by atoms with E-state index in [2.05, 4.69) is 35.5 Å². The van der Waals surface area contributed by atoms with E-state index in [4.69, 9.17) is 9.47 Å². The van der Waals surface area contributed by atoms with Gasteiger partial charge in [0.15, 0.2) is 6.29 Å². The largest absolute Gasteiger partial charge is 0.397 e. The van der Waals surface area contributed by atoms with Crippen molar-refractivity contribution in [3.05, 3.63) is 12.2 Å². The van der Waals surface area contributed by atoms with Crippen LogP contribution in [0.5, 0.6) is 0 Å². The number of unbranched alkanes of at least 4 members (excludes halogenated alkanes) is 35. The molecule has 0 spiro atoms. The van der Waals surface area contributed by atoms with Gasteiger partial charge < -0.3 is 35.2 Å². The van der Waals surface area contributed by atoms with Gasteiger partial charge in [0.1, 0.15) is 24.4 Å². The maximum atomic E-state index is 13.1. The Kier molecular flexibility index (Phi) is 42.7. The summed E-state index contributed by atoms with van der Waals surface area (Å²) in [6, 6.07) is -0.858. The van der Waals surface area contributed by atoms with Crippen molar-refractivity contribution in [1.29, 1.82) is 0 Å². The third kappa shape index (κ3) is 37.3. The van der Waals surface area contributed by atoms with E-state index in [0.29, 0.717) is 12.8 Å². The van der Waals surface area contributed by atoms with Gasteiger partial charge in [0.2, 0.25) is 5.91 Å². The van der Waals surface area contributed by atoms with Gasteiger partial charge >= 0.3 is 10.4 Å². The summed E-state index contributed by atoms with van der Waals surface area (Å²) in [5.74, 6) is -0.230. The van der Waals surface area contributed by atoms with Gasteiger partial charge in [0, 0.05) is 6.42 Å². The molecule has 1 saturated heterocycles. The zero-order valence-electron chi connectivity index (χ0n) is 43.0. The average Bonchev–Trinajstić information content (AvgIpc) is 3.30.